The summed E-state index contributed by atoms with van der Waals surface area (Å²) in [5, 5.41) is 9.38. The molecular formula is C9H22O7Si. The number of aliphatic hydroxyl groups is 1. The maximum absolute atomic E-state index is 9.38. The highest BCUT2D eigenvalue weighted by Crippen LogP contribution is 2.01. The Morgan fingerprint density at radius 1 is 1.00 bits per heavy atom. The van der Waals surface area contributed by atoms with Gasteiger partial charge in [-0.05, 0) is 6.42 Å². The van der Waals surface area contributed by atoms with Gasteiger partial charge in [0.15, 0.2) is 0 Å². The van der Waals surface area contributed by atoms with Crippen LogP contribution < -0.4 is 0 Å². The third kappa shape index (κ3) is 13.9. The molecule has 0 aliphatic heterocycles. The summed E-state index contributed by atoms with van der Waals surface area (Å²) >= 11 is 0. The lowest BCUT2D eigenvalue weighted by atomic mass is 10.4. The Morgan fingerprint density at radius 2 is 1.59 bits per heavy atom. The zero-order chi connectivity index (χ0) is 13.1. The van der Waals surface area contributed by atoms with Crippen molar-refractivity contribution in [3.63, 3.8) is 0 Å². The summed E-state index contributed by atoms with van der Waals surface area (Å²) in [7, 11) is -2.38. The summed E-state index contributed by atoms with van der Waals surface area (Å²) in [5.74, 6) is 0. The summed E-state index contributed by atoms with van der Waals surface area (Å²) in [6.07, 6.45) is -0.376. The molecule has 4 N–H and O–H groups in total. The van der Waals surface area contributed by atoms with Crippen LogP contribution in [-0.4, -0.2) is 74.5 Å². The van der Waals surface area contributed by atoms with Crippen LogP contribution in [-0.2, 0) is 14.2 Å². The molecule has 0 heterocycles. The first-order valence-corrected chi connectivity index (χ1v) is 7.50. The SMILES string of the molecule is COCCOCC(O)COCCC[Si](O)(O)O. The van der Waals surface area contributed by atoms with Crippen LogP contribution in [0, 0.1) is 0 Å². The maximum atomic E-state index is 9.38. The number of hydrogen-bond donors (Lipinski definition) is 4. The minimum atomic E-state index is -3.95. The van der Waals surface area contributed by atoms with Gasteiger partial charge in [-0.15, -0.1) is 0 Å². The molecule has 0 radical (unpaired) electrons. The van der Waals surface area contributed by atoms with E-state index < -0.39 is 14.9 Å². The van der Waals surface area contributed by atoms with Gasteiger partial charge in [0.1, 0.15) is 6.10 Å². The molecule has 0 rings (SSSR count). The summed E-state index contributed by atoms with van der Waals surface area (Å²) < 4.78 is 14.9. The second-order valence-electron chi connectivity index (χ2n) is 3.67. The lowest BCUT2D eigenvalue weighted by Crippen LogP contribution is -2.34. The van der Waals surface area contributed by atoms with Crippen molar-refractivity contribution in [2.75, 3.05) is 40.1 Å². The molecule has 0 saturated heterocycles. The van der Waals surface area contributed by atoms with E-state index in [1.165, 1.54) is 0 Å². The molecule has 0 aromatic heterocycles. The molecule has 7 nitrogen and oxygen atoms in total. The van der Waals surface area contributed by atoms with Crippen LogP contribution >= 0.6 is 0 Å². The van der Waals surface area contributed by atoms with E-state index in [1.807, 2.05) is 0 Å². The molecular weight excluding hydrogens is 248 g/mol. The van der Waals surface area contributed by atoms with Crippen molar-refractivity contribution < 1.29 is 33.7 Å². The van der Waals surface area contributed by atoms with E-state index in [2.05, 4.69) is 0 Å². The van der Waals surface area contributed by atoms with Crippen LogP contribution in [0.25, 0.3) is 0 Å². The fraction of sp³-hybridized carbons (Fsp3) is 1.00. The van der Waals surface area contributed by atoms with Crippen molar-refractivity contribution in [2.24, 2.45) is 0 Å². The first-order valence-electron chi connectivity index (χ1n) is 5.45. The minimum Gasteiger partial charge on any atom is -0.390 e. The number of rotatable bonds is 11. The van der Waals surface area contributed by atoms with Crippen molar-refractivity contribution >= 4 is 8.80 Å². The number of hydrogen-bond acceptors (Lipinski definition) is 7. The molecule has 0 saturated carbocycles. The van der Waals surface area contributed by atoms with Gasteiger partial charge in [0, 0.05) is 19.8 Å². The van der Waals surface area contributed by atoms with Gasteiger partial charge < -0.3 is 33.7 Å². The molecule has 17 heavy (non-hydrogen) atoms. The van der Waals surface area contributed by atoms with E-state index in [0.29, 0.717) is 19.6 Å². The van der Waals surface area contributed by atoms with E-state index in [9.17, 15) is 5.11 Å². The molecule has 0 aromatic carbocycles. The molecule has 0 fully saturated rings. The maximum Gasteiger partial charge on any atom is 0.492 e. The third-order valence-electron chi connectivity index (χ3n) is 1.85. The van der Waals surface area contributed by atoms with Crippen molar-refractivity contribution in [3.05, 3.63) is 0 Å². The highest BCUT2D eigenvalue weighted by atomic mass is 28.4. The predicted octanol–water partition coefficient (Wildman–Crippen LogP) is -1.67. The number of ether oxygens (including phenoxy) is 3. The van der Waals surface area contributed by atoms with Crippen LogP contribution in [0.4, 0.5) is 0 Å². The molecule has 1 unspecified atom stereocenters. The van der Waals surface area contributed by atoms with E-state index in [0.717, 1.165) is 0 Å². The fourth-order valence-electron chi connectivity index (χ4n) is 1.04. The fourth-order valence-corrected chi connectivity index (χ4v) is 1.66. The van der Waals surface area contributed by atoms with E-state index >= 15 is 0 Å². The summed E-state index contributed by atoms with van der Waals surface area (Å²) in [6, 6.07) is -0.0621. The summed E-state index contributed by atoms with van der Waals surface area (Å²) in [4.78, 5) is 26.1. The van der Waals surface area contributed by atoms with Crippen LogP contribution in [0.1, 0.15) is 6.42 Å². The quantitative estimate of drug-likeness (QED) is 0.263. The van der Waals surface area contributed by atoms with Crippen LogP contribution in [0.5, 0.6) is 0 Å². The Bertz CT molecular complexity index is 173. The first kappa shape index (κ1) is 16.9. The van der Waals surface area contributed by atoms with Gasteiger partial charge in [0.25, 0.3) is 0 Å². The van der Waals surface area contributed by atoms with Crippen molar-refractivity contribution in [1.29, 1.82) is 0 Å². The van der Waals surface area contributed by atoms with Gasteiger partial charge in [-0.2, -0.15) is 0 Å². The van der Waals surface area contributed by atoms with Gasteiger partial charge >= 0.3 is 8.80 Å². The van der Waals surface area contributed by atoms with Crippen LogP contribution in [0.3, 0.4) is 0 Å². The van der Waals surface area contributed by atoms with Gasteiger partial charge in [-0.25, -0.2) is 0 Å². The van der Waals surface area contributed by atoms with Gasteiger partial charge in [-0.3, -0.25) is 0 Å². The Labute approximate surface area is 102 Å². The molecule has 0 aliphatic carbocycles. The highest BCUT2D eigenvalue weighted by Gasteiger charge is 2.25. The zero-order valence-electron chi connectivity index (χ0n) is 10.0. The number of aliphatic hydroxyl groups excluding tert-OH is 1. The lowest BCUT2D eigenvalue weighted by Gasteiger charge is -2.12. The summed E-state index contributed by atoms with van der Waals surface area (Å²) in [6.45, 7) is 1.43. The average Bonchev–Trinajstić information content (AvgIpc) is 2.22. The normalized spacial score (nSPS) is 13.9. The Kier molecular flexibility index (Phi) is 9.88. The van der Waals surface area contributed by atoms with Gasteiger partial charge in [0.05, 0.1) is 26.4 Å². The lowest BCUT2D eigenvalue weighted by molar-refractivity contribution is -0.0283. The topological polar surface area (TPSA) is 109 Å². The molecule has 0 aromatic rings. The molecule has 1 atom stereocenters. The van der Waals surface area contributed by atoms with Crippen LogP contribution in [0.15, 0.2) is 0 Å². The van der Waals surface area contributed by atoms with Crippen molar-refractivity contribution in [3.8, 4) is 0 Å². The largest absolute Gasteiger partial charge is 0.492 e. The molecule has 8 heteroatoms. The molecule has 0 aliphatic rings. The smallest absolute Gasteiger partial charge is 0.390 e. The first-order chi connectivity index (χ1) is 7.95. The number of methoxy groups -OCH3 is 1. The van der Waals surface area contributed by atoms with Crippen molar-refractivity contribution in [2.45, 2.75) is 18.6 Å². The highest BCUT2D eigenvalue weighted by molar-refractivity contribution is 6.56. The molecule has 0 spiro atoms. The average molecular weight is 270 g/mol. The second-order valence-corrected chi connectivity index (χ2v) is 5.72. The van der Waals surface area contributed by atoms with Crippen molar-refractivity contribution in [1.82, 2.24) is 0 Å². The minimum absolute atomic E-state index is 0.0621. The van der Waals surface area contributed by atoms with E-state index in [1.54, 1.807) is 7.11 Å². The Morgan fingerprint density at radius 3 is 2.12 bits per heavy atom. The zero-order valence-corrected chi connectivity index (χ0v) is 11.0. The standard InChI is InChI=1S/C9H22O7Si/c1-14-4-5-16-8-9(10)7-15-3-2-6-17(11,12)13/h9-13H,2-8H2,1H3. The summed E-state index contributed by atoms with van der Waals surface area (Å²) in [5.41, 5.74) is 0. The van der Waals surface area contributed by atoms with E-state index in [-0.39, 0.29) is 25.9 Å². The molecule has 104 valence electrons. The van der Waals surface area contributed by atoms with Crippen LogP contribution in [0.2, 0.25) is 6.04 Å². The van der Waals surface area contributed by atoms with Gasteiger partial charge in [-0.1, -0.05) is 0 Å². The van der Waals surface area contributed by atoms with Gasteiger partial charge in [0.2, 0.25) is 0 Å². The Balaban J connectivity index is 3.24. The third-order valence-corrected chi connectivity index (χ3v) is 2.88. The molecule has 0 amide bonds. The Hall–Kier alpha value is -0.0631. The predicted molar refractivity (Wildman–Crippen MR) is 61.4 cm³/mol. The second kappa shape index (κ2) is 9.92. The van der Waals surface area contributed by atoms with E-state index in [4.69, 9.17) is 28.6 Å². The monoisotopic (exact) mass is 270 g/mol. The molecule has 0 bridgehead atoms.